The van der Waals surface area contributed by atoms with Crippen LogP contribution in [0.15, 0.2) is 36.5 Å². The summed E-state index contributed by atoms with van der Waals surface area (Å²) in [6.07, 6.45) is 2.73. The first-order valence-electron chi connectivity index (χ1n) is 7.15. The standard InChI is InChI=1S/C17H14ClN3O/c1-3-12-13-8-11(22-2)5-6-14(13)19-17-16(12)20-15-7-4-10(18)9-21(15)17/h4-9H,3H2,1-2H3. The van der Waals surface area contributed by atoms with Gasteiger partial charge in [0.2, 0.25) is 0 Å². The van der Waals surface area contributed by atoms with Crippen molar-refractivity contribution >= 4 is 39.3 Å². The van der Waals surface area contributed by atoms with Crippen molar-refractivity contribution in [3.05, 3.63) is 47.1 Å². The molecule has 1 aromatic carbocycles. The summed E-state index contributed by atoms with van der Waals surface area (Å²) >= 11 is 6.11. The van der Waals surface area contributed by atoms with Gasteiger partial charge < -0.3 is 4.74 Å². The van der Waals surface area contributed by atoms with E-state index in [0.29, 0.717) is 5.02 Å². The number of ether oxygens (including phenoxy) is 1. The van der Waals surface area contributed by atoms with Gasteiger partial charge in [0, 0.05) is 11.6 Å². The van der Waals surface area contributed by atoms with Crippen molar-refractivity contribution in [3.63, 3.8) is 0 Å². The predicted molar refractivity (Wildman–Crippen MR) is 88.9 cm³/mol. The van der Waals surface area contributed by atoms with Gasteiger partial charge in [0.05, 0.1) is 17.6 Å². The summed E-state index contributed by atoms with van der Waals surface area (Å²) in [6.45, 7) is 2.13. The first-order valence-corrected chi connectivity index (χ1v) is 7.53. The van der Waals surface area contributed by atoms with Gasteiger partial charge >= 0.3 is 0 Å². The first kappa shape index (κ1) is 13.3. The van der Waals surface area contributed by atoms with E-state index in [1.807, 2.05) is 40.9 Å². The predicted octanol–water partition coefficient (Wildman–Crippen LogP) is 4.26. The molecule has 0 N–H and O–H groups in total. The highest BCUT2D eigenvalue weighted by Crippen LogP contribution is 2.30. The van der Waals surface area contributed by atoms with Crippen molar-refractivity contribution < 1.29 is 4.74 Å². The number of hydrogen-bond donors (Lipinski definition) is 0. The molecule has 4 aromatic rings. The quantitative estimate of drug-likeness (QED) is 0.555. The third-order valence-corrected chi connectivity index (χ3v) is 4.18. The molecule has 5 heteroatoms. The molecule has 3 heterocycles. The van der Waals surface area contributed by atoms with Crippen LogP contribution in [0.1, 0.15) is 12.5 Å². The fraction of sp³-hybridized carbons (Fsp3) is 0.176. The number of halogens is 1. The molecule has 0 saturated heterocycles. The van der Waals surface area contributed by atoms with E-state index in [9.17, 15) is 0 Å². The number of rotatable bonds is 2. The van der Waals surface area contributed by atoms with Crippen LogP contribution in [0, 0.1) is 0 Å². The Labute approximate surface area is 132 Å². The average molecular weight is 312 g/mol. The van der Waals surface area contributed by atoms with E-state index in [1.165, 1.54) is 5.56 Å². The smallest absolute Gasteiger partial charge is 0.165 e. The minimum atomic E-state index is 0.668. The number of fused-ring (bicyclic) bond motifs is 4. The van der Waals surface area contributed by atoms with Crippen LogP contribution in [-0.2, 0) is 6.42 Å². The third-order valence-electron chi connectivity index (χ3n) is 3.95. The highest BCUT2D eigenvalue weighted by atomic mass is 35.5. The Hall–Kier alpha value is -2.33. The van der Waals surface area contributed by atoms with Crippen LogP contribution in [0.25, 0.3) is 27.7 Å². The van der Waals surface area contributed by atoms with Gasteiger partial charge in [-0.2, -0.15) is 0 Å². The minimum absolute atomic E-state index is 0.668. The van der Waals surface area contributed by atoms with Gasteiger partial charge in [0.25, 0.3) is 0 Å². The molecule has 4 rings (SSSR count). The Bertz CT molecular complexity index is 1020. The molecule has 0 aliphatic rings. The zero-order valence-corrected chi connectivity index (χ0v) is 13.1. The lowest BCUT2D eigenvalue weighted by atomic mass is 10.1. The second-order valence-corrected chi connectivity index (χ2v) is 5.62. The van der Waals surface area contributed by atoms with Crippen LogP contribution in [0.3, 0.4) is 0 Å². The average Bonchev–Trinajstić information content (AvgIpc) is 2.89. The maximum atomic E-state index is 6.11. The van der Waals surface area contributed by atoms with Crippen molar-refractivity contribution in [2.45, 2.75) is 13.3 Å². The summed E-state index contributed by atoms with van der Waals surface area (Å²) in [4.78, 5) is 9.51. The molecule has 110 valence electrons. The molecule has 3 aromatic heterocycles. The van der Waals surface area contributed by atoms with Crippen molar-refractivity contribution in [1.82, 2.24) is 14.4 Å². The summed E-state index contributed by atoms with van der Waals surface area (Å²) in [5.74, 6) is 0.829. The van der Waals surface area contributed by atoms with E-state index in [-0.39, 0.29) is 0 Å². The van der Waals surface area contributed by atoms with Gasteiger partial charge in [-0.05, 0) is 42.3 Å². The fourth-order valence-corrected chi connectivity index (χ4v) is 3.06. The van der Waals surface area contributed by atoms with Crippen molar-refractivity contribution in [2.75, 3.05) is 7.11 Å². The SMILES string of the molecule is CCc1c2cc(OC)ccc2nc2c1nc1ccc(Cl)cn12. The van der Waals surface area contributed by atoms with Gasteiger partial charge in [-0.25, -0.2) is 9.97 Å². The summed E-state index contributed by atoms with van der Waals surface area (Å²) in [5.41, 5.74) is 4.73. The van der Waals surface area contributed by atoms with Gasteiger partial charge in [-0.3, -0.25) is 4.40 Å². The third kappa shape index (κ3) is 1.84. The zero-order chi connectivity index (χ0) is 15.3. The van der Waals surface area contributed by atoms with Crippen molar-refractivity contribution in [3.8, 4) is 5.75 Å². The van der Waals surface area contributed by atoms with Gasteiger partial charge in [0.15, 0.2) is 5.65 Å². The monoisotopic (exact) mass is 311 g/mol. The molecule has 0 aliphatic heterocycles. The Balaban J connectivity index is 2.20. The molecule has 0 atom stereocenters. The molecule has 0 saturated carbocycles. The van der Waals surface area contributed by atoms with Crippen LogP contribution in [-0.4, -0.2) is 21.5 Å². The number of benzene rings is 1. The fourth-order valence-electron chi connectivity index (χ4n) is 2.90. The lowest BCUT2D eigenvalue weighted by Gasteiger charge is -2.07. The number of aromatic nitrogens is 3. The Kier molecular flexibility index (Phi) is 2.94. The molecule has 0 aliphatic carbocycles. The summed E-state index contributed by atoms with van der Waals surface area (Å²) in [6, 6.07) is 9.69. The Morgan fingerprint density at radius 1 is 1.18 bits per heavy atom. The Morgan fingerprint density at radius 3 is 2.82 bits per heavy atom. The molecule has 0 bridgehead atoms. The summed E-state index contributed by atoms with van der Waals surface area (Å²) in [5, 5.41) is 1.75. The van der Waals surface area contributed by atoms with Gasteiger partial charge in [-0.1, -0.05) is 18.5 Å². The molecule has 0 radical (unpaired) electrons. The first-order chi connectivity index (χ1) is 10.7. The van der Waals surface area contributed by atoms with E-state index in [1.54, 1.807) is 7.11 Å². The number of methoxy groups -OCH3 is 1. The highest BCUT2D eigenvalue weighted by molar-refractivity contribution is 6.30. The van der Waals surface area contributed by atoms with Crippen LogP contribution >= 0.6 is 11.6 Å². The van der Waals surface area contributed by atoms with E-state index in [4.69, 9.17) is 26.3 Å². The number of hydrogen-bond acceptors (Lipinski definition) is 3. The summed E-state index contributed by atoms with van der Waals surface area (Å²) in [7, 11) is 1.67. The van der Waals surface area contributed by atoms with Crippen molar-refractivity contribution in [1.29, 1.82) is 0 Å². The normalized spacial score (nSPS) is 11.6. The molecule has 4 nitrogen and oxygen atoms in total. The number of pyridine rings is 2. The zero-order valence-electron chi connectivity index (χ0n) is 12.3. The highest BCUT2D eigenvalue weighted by Gasteiger charge is 2.14. The number of nitrogens with zero attached hydrogens (tertiary/aromatic N) is 3. The van der Waals surface area contributed by atoms with Crippen molar-refractivity contribution in [2.24, 2.45) is 0 Å². The minimum Gasteiger partial charge on any atom is -0.497 e. The molecular weight excluding hydrogens is 298 g/mol. The van der Waals surface area contributed by atoms with Gasteiger partial charge in [-0.15, -0.1) is 0 Å². The second-order valence-electron chi connectivity index (χ2n) is 5.19. The van der Waals surface area contributed by atoms with E-state index >= 15 is 0 Å². The van der Waals surface area contributed by atoms with Crippen LogP contribution in [0.5, 0.6) is 5.75 Å². The largest absolute Gasteiger partial charge is 0.497 e. The van der Waals surface area contributed by atoms with E-state index in [0.717, 1.165) is 39.9 Å². The van der Waals surface area contributed by atoms with E-state index < -0.39 is 0 Å². The van der Waals surface area contributed by atoms with Crippen LogP contribution in [0.4, 0.5) is 0 Å². The maximum absolute atomic E-state index is 6.11. The molecule has 0 spiro atoms. The lowest BCUT2D eigenvalue weighted by molar-refractivity contribution is 0.415. The molecule has 0 unspecified atom stereocenters. The molecule has 0 fully saturated rings. The second kappa shape index (κ2) is 4.85. The number of imidazole rings is 1. The van der Waals surface area contributed by atoms with Gasteiger partial charge in [0.1, 0.15) is 16.9 Å². The van der Waals surface area contributed by atoms with Crippen LogP contribution in [0.2, 0.25) is 5.02 Å². The Morgan fingerprint density at radius 2 is 2.05 bits per heavy atom. The molecular formula is C17H14ClN3O. The van der Waals surface area contributed by atoms with Crippen LogP contribution < -0.4 is 4.74 Å². The topological polar surface area (TPSA) is 39.4 Å². The lowest BCUT2D eigenvalue weighted by Crippen LogP contribution is -1.93. The molecule has 22 heavy (non-hydrogen) atoms. The number of aryl methyl sites for hydroxylation is 1. The van der Waals surface area contributed by atoms with E-state index in [2.05, 4.69) is 6.92 Å². The molecule has 0 amide bonds. The summed E-state index contributed by atoms with van der Waals surface area (Å²) < 4.78 is 7.28. The maximum Gasteiger partial charge on any atom is 0.165 e.